The minimum atomic E-state index is -0.703. The zero-order chi connectivity index (χ0) is 22.6. The highest BCUT2D eigenvalue weighted by Crippen LogP contribution is 2.25. The van der Waals surface area contributed by atoms with Crippen molar-refractivity contribution in [1.29, 1.82) is 0 Å². The first-order chi connectivity index (χ1) is 14.7. The van der Waals surface area contributed by atoms with Gasteiger partial charge in [0.25, 0.3) is 5.91 Å². The molecule has 1 spiro atoms. The molecule has 164 valence electrons. The Hall–Kier alpha value is -3.67. The summed E-state index contributed by atoms with van der Waals surface area (Å²) in [6.45, 7) is 4.99. The van der Waals surface area contributed by atoms with E-state index in [1.165, 1.54) is 18.5 Å². The van der Waals surface area contributed by atoms with E-state index in [4.69, 9.17) is 28.8 Å². The van der Waals surface area contributed by atoms with Crippen LogP contribution in [0.2, 0.25) is 5.15 Å². The monoisotopic (exact) mass is 446 g/mol. The number of anilines is 2. The number of nitrogens with two attached hydrogens (primary N) is 3. The van der Waals surface area contributed by atoms with Gasteiger partial charge in [0.05, 0.1) is 11.2 Å². The van der Waals surface area contributed by atoms with E-state index in [-0.39, 0.29) is 39.6 Å². The lowest BCUT2D eigenvalue weighted by Gasteiger charge is -2.38. The number of aromatic nitrogens is 2. The van der Waals surface area contributed by atoms with Crippen LogP contribution in [0, 0.1) is 0 Å². The quantitative estimate of drug-likeness (QED) is 0.297. The Labute approximate surface area is 183 Å². The maximum Gasteiger partial charge on any atom is 0.302 e. The van der Waals surface area contributed by atoms with Crippen LogP contribution in [0.1, 0.15) is 23.3 Å². The van der Waals surface area contributed by atoms with Crippen molar-refractivity contribution in [3.8, 4) is 0 Å². The number of carbonyl (C=O) groups is 2. The van der Waals surface area contributed by atoms with Gasteiger partial charge in [0, 0.05) is 32.0 Å². The van der Waals surface area contributed by atoms with E-state index in [2.05, 4.69) is 37.2 Å². The van der Waals surface area contributed by atoms with Gasteiger partial charge in [-0.3, -0.25) is 14.6 Å². The van der Waals surface area contributed by atoms with Crippen LogP contribution < -0.4 is 27.8 Å². The van der Waals surface area contributed by atoms with Crippen LogP contribution in [0.4, 0.5) is 11.6 Å². The molecule has 2 aliphatic heterocycles. The van der Waals surface area contributed by atoms with Crippen LogP contribution in [-0.2, 0) is 4.79 Å². The summed E-state index contributed by atoms with van der Waals surface area (Å²) in [4.78, 5) is 42.0. The zero-order valence-electron chi connectivity index (χ0n) is 16.6. The Bertz CT molecular complexity index is 995. The van der Waals surface area contributed by atoms with Crippen molar-refractivity contribution in [1.82, 2.24) is 25.5 Å². The minimum Gasteiger partial charge on any atom is -0.394 e. The number of hydrogen-bond donors (Lipinski definition) is 5. The third-order valence-corrected chi connectivity index (χ3v) is 5.28. The highest BCUT2D eigenvalue weighted by molar-refractivity contribution is 6.31. The van der Waals surface area contributed by atoms with Gasteiger partial charge in [-0.2, -0.15) is 4.99 Å². The first-order valence-corrected chi connectivity index (χ1v) is 9.75. The molecule has 0 bridgehead atoms. The average Bonchev–Trinajstić information content (AvgIpc) is 3.12. The van der Waals surface area contributed by atoms with Crippen molar-refractivity contribution in [3.05, 3.63) is 35.4 Å². The molecule has 0 saturated carbocycles. The fraction of sp³-hybridized carbons (Fsp3) is 0.333. The van der Waals surface area contributed by atoms with Crippen molar-refractivity contribution in [3.63, 3.8) is 0 Å². The molecule has 2 fully saturated rings. The van der Waals surface area contributed by atoms with Crippen LogP contribution in [0.15, 0.2) is 34.5 Å². The topological polar surface area (TPSA) is 190 Å². The summed E-state index contributed by atoms with van der Waals surface area (Å²) >= 11 is 5.82. The van der Waals surface area contributed by atoms with Crippen LogP contribution in [0.5, 0.6) is 0 Å². The molecule has 1 aromatic rings. The van der Waals surface area contributed by atoms with Gasteiger partial charge in [-0.05, 0) is 18.9 Å². The molecular weight excluding hydrogens is 424 g/mol. The Morgan fingerprint density at radius 1 is 1.23 bits per heavy atom. The Balaban J connectivity index is 1.62. The van der Waals surface area contributed by atoms with Gasteiger partial charge in [0.1, 0.15) is 0 Å². The molecule has 2 saturated heterocycles. The summed E-state index contributed by atoms with van der Waals surface area (Å²) in [6, 6.07) is 0. The van der Waals surface area contributed by atoms with Crippen molar-refractivity contribution in [2.75, 3.05) is 31.1 Å². The average molecular weight is 447 g/mol. The van der Waals surface area contributed by atoms with Crippen molar-refractivity contribution in [2.45, 2.75) is 18.4 Å². The lowest BCUT2D eigenvalue weighted by atomic mass is 9.88. The second-order valence-electron chi connectivity index (χ2n) is 7.05. The first-order valence-electron chi connectivity index (χ1n) is 9.37. The lowest BCUT2D eigenvalue weighted by Crippen LogP contribution is -2.54. The molecule has 0 unspecified atom stereocenters. The summed E-state index contributed by atoms with van der Waals surface area (Å²) in [5.74, 6) is -0.886. The second-order valence-corrected chi connectivity index (χ2v) is 7.41. The number of hydrogen-bond acceptors (Lipinski definition) is 8. The molecule has 12 nitrogen and oxygen atoms in total. The summed E-state index contributed by atoms with van der Waals surface area (Å²) < 4.78 is 0. The highest BCUT2D eigenvalue weighted by atomic mass is 35.5. The number of piperidine rings is 1. The normalized spacial score (nSPS) is 19.5. The lowest BCUT2D eigenvalue weighted by molar-refractivity contribution is -0.128. The summed E-state index contributed by atoms with van der Waals surface area (Å²) in [5, 5.41) is 6.19. The van der Waals surface area contributed by atoms with Crippen molar-refractivity contribution < 1.29 is 9.59 Å². The van der Waals surface area contributed by atoms with Gasteiger partial charge in [-0.25, -0.2) is 9.97 Å². The van der Waals surface area contributed by atoms with Gasteiger partial charge in [0.2, 0.25) is 0 Å². The van der Waals surface area contributed by atoms with E-state index < -0.39 is 5.91 Å². The van der Waals surface area contributed by atoms with E-state index in [1.54, 1.807) is 4.90 Å². The molecule has 3 heterocycles. The van der Waals surface area contributed by atoms with Crippen LogP contribution >= 0.6 is 11.6 Å². The largest absolute Gasteiger partial charge is 0.394 e. The molecule has 13 heteroatoms. The predicted molar refractivity (Wildman–Crippen MR) is 118 cm³/mol. The predicted octanol–water partition coefficient (Wildman–Crippen LogP) is -0.598. The Morgan fingerprint density at radius 3 is 2.61 bits per heavy atom. The fourth-order valence-corrected chi connectivity index (χ4v) is 3.42. The van der Waals surface area contributed by atoms with Crippen molar-refractivity contribution in [2.24, 2.45) is 15.7 Å². The number of nitrogen functional groups attached to an aromatic ring is 2. The number of rotatable bonds is 4. The molecule has 2 aliphatic rings. The highest BCUT2D eigenvalue weighted by Gasteiger charge is 2.41. The molecule has 0 radical (unpaired) electrons. The van der Waals surface area contributed by atoms with Gasteiger partial charge < -0.3 is 32.7 Å². The number of carbonyl (C=O) groups excluding carboxylic acids is 2. The van der Waals surface area contributed by atoms with E-state index in [0.29, 0.717) is 38.4 Å². The summed E-state index contributed by atoms with van der Waals surface area (Å²) in [6.07, 6.45) is 5.49. The molecule has 31 heavy (non-hydrogen) atoms. The van der Waals surface area contributed by atoms with Gasteiger partial charge >= 0.3 is 5.91 Å². The van der Waals surface area contributed by atoms with Gasteiger partial charge in [-0.15, -0.1) is 0 Å². The fourth-order valence-electron chi connectivity index (χ4n) is 3.29. The Morgan fingerprint density at radius 2 is 1.94 bits per heavy atom. The number of likely N-dealkylation sites (tertiary alicyclic amines) is 1. The minimum absolute atomic E-state index is 0.0655. The number of allylic oxidation sites excluding steroid dienone is 1. The van der Waals surface area contributed by atoms with E-state index >= 15 is 0 Å². The number of halogens is 1. The molecular formula is C18H23ClN10O2. The third-order valence-electron chi connectivity index (χ3n) is 5.00. The molecule has 3 rings (SSSR count). The SMILES string of the molecule is C=C/N=C\C=C(/N)C(=O)N1CCC2(CC1)CN/C(=N\C(=O)c1nc(Cl)c(N)nc1N)N2. The Kier molecular flexibility index (Phi) is 6.39. The maximum atomic E-state index is 12.4. The smallest absolute Gasteiger partial charge is 0.302 e. The molecule has 1 aromatic heterocycles. The maximum absolute atomic E-state index is 12.4. The summed E-state index contributed by atoms with van der Waals surface area (Å²) in [5.41, 5.74) is 16.6. The number of amides is 2. The number of nitrogens with zero attached hydrogens (tertiary/aromatic N) is 5. The van der Waals surface area contributed by atoms with Gasteiger partial charge in [0.15, 0.2) is 28.4 Å². The van der Waals surface area contributed by atoms with E-state index in [9.17, 15) is 9.59 Å². The standard InChI is InChI=1S/C18H23ClN10O2/c1-2-23-6-3-10(20)16(31)29-7-4-18(5-8-29)9-24-17(28-18)27-15(30)11-13(21)26-14(22)12(19)25-11/h2-3,6H,1,4-5,7-9,20H2,(H4,21,22,26)(H2,24,27,28,30)/b10-3-,23-6-. The third kappa shape index (κ3) is 4.91. The number of aliphatic imine (C=N–C) groups is 2. The second kappa shape index (κ2) is 9.00. The van der Waals surface area contributed by atoms with Crippen molar-refractivity contribution >= 4 is 47.2 Å². The molecule has 8 N–H and O–H groups in total. The number of guanidine groups is 1. The zero-order valence-corrected chi connectivity index (χ0v) is 17.4. The van der Waals surface area contributed by atoms with E-state index in [0.717, 1.165) is 0 Å². The first kappa shape index (κ1) is 22.0. The van der Waals surface area contributed by atoms with E-state index in [1.807, 2.05) is 0 Å². The van der Waals surface area contributed by atoms with Gasteiger partial charge in [-0.1, -0.05) is 18.2 Å². The number of nitrogens with one attached hydrogen (secondary N) is 2. The van der Waals surface area contributed by atoms with Crippen LogP contribution in [-0.4, -0.2) is 64.0 Å². The summed E-state index contributed by atoms with van der Waals surface area (Å²) in [7, 11) is 0. The van der Waals surface area contributed by atoms with Crippen LogP contribution in [0.3, 0.4) is 0 Å². The molecule has 0 atom stereocenters. The van der Waals surface area contributed by atoms with Crippen LogP contribution in [0.25, 0.3) is 0 Å². The molecule has 0 aromatic carbocycles. The molecule has 2 amide bonds. The molecule has 0 aliphatic carbocycles.